The van der Waals surface area contributed by atoms with Gasteiger partial charge in [-0.05, 0) is 41.3 Å². The van der Waals surface area contributed by atoms with E-state index in [1.54, 1.807) is 24.7 Å². The number of carbonyl (C=O) groups is 1. The Hall–Kier alpha value is -3.28. The highest BCUT2D eigenvalue weighted by atomic mass is 16.1. The van der Waals surface area contributed by atoms with Crippen LogP contribution in [-0.2, 0) is 6.54 Å². The Balaban J connectivity index is 1.71. The lowest BCUT2D eigenvalue weighted by Crippen LogP contribution is -2.24. The molecule has 0 radical (unpaired) electrons. The lowest BCUT2D eigenvalue weighted by molar-refractivity contribution is 0.0946. The summed E-state index contributed by atoms with van der Waals surface area (Å²) in [6.07, 6.45) is 4.97. The number of nitrogens with zero attached hydrogens (tertiary/aromatic N) is 3. The number of hydrogen-bond acceptors (Lipinski definition) is 5. The van der Waals surface area contributed by atoms with E-state index in [2.05, 4.69) is 45.5 Å². The van der Waals surface area contributed by atoms with Gasteiger partial charge in [-0.15, -0.1) is 0 Å². The SMILES string of the molecule is CC(C)c1ccccc1Nc1nccc(C(=O)NCc2ccncc2)n1. The first-order valence-electron chi connectivity index (χ1n) is 8.49. The molecule has 0 fully saturated rings. The zero-order chi connectivity index (χ0) is 18.4. The van der Waals surface area contributed by atoms with E-state index >= 15 is 0 Å². The molecular formula is C20H21N5O. The first kappa shape index (κ1) is 17.5. The van der Waals surface area contributed by atoms with Gasteiger partial charge in [0, 0.05) is 30.8 Å². The zero-order valence-electron chi connectivity index (χ0n) is 14.8. The number of pyridine rings is 1. The Morgan fingerprint density at radius 1 is 1.04 bits per heavy atom. The summed E-state index contributed by atoms with van der Waals surface area (Å²) in [5, 5.41) is 6.06. The molecule has 132 valence electrons. The van der Waals surface area contributed by atoms with Crippen LogP contribution < -0.4 is 10.6 Å². The Morgan fingerprint density at radius 2 is 1.81 bits per heavy atom. The molecule has 2 aromatic heterocycles. The topological polar surface area (TPSA) is 79.8 Å². The highest BCUT2D eigenvalue weighted by Crippen LogP contribution is 2.25. The summed E-state index contributed by atoms with van der Waals surface area (Å²) in [5.41, 5.74) is 3.41. The van der Waals surface area contributed by atoms with Crippen molar-refractivity contribution in [2.24, 2.45) is 0 Å². The van der Waals surface area contributed by atoms with Crippen LogP contribution >= 0.6 is 0 Å². The summed E-state index contributed by atoms with van der Waals surface area (Å²) in [7, 11) is 0. The van der Waals surface area contributed by atoms with Crippen LogP contribution in [0.5, 0.6) is 0 Å². The second kappa shape index (κ2) is 8.20. The van der Waals surface area contributed by atoms with Gasteiger partial charge in [-0.3, -0.25) is 9.78 Å². The van der Waals surface area contributed by atoms with Crippen molar-refractivity contribution in [3.63, 3.8) is 0 Å². The standard InChI is InChI=1S/C20H21N5O/c1-14(2)16-5-3-4-6-17(16)24-20-22-12-9-18(25-20)19(26)23-13-15-7-10-21-11-8-15/h3-12,14H,13H2,1-2H3,(H,23,26)(H,22,24,25). The Morgan fingerprint density at radius 3 is 2.58 bits per heavy atom. The van der Waals surface area contributed by atoms with E-state index in [1.165, 1.54) is 5.56 Å². The van der Waals surface area contributed by atoms with Gasteiger partial charge in [0.15, 0.2) is 0 Å². The minimum absolute atomic E-state index is 0.246. The van der Waals surface area contributed by atoms with Crippen molar-refractivity contribution in [1.82, 2.24) is 20.3 Å². The van der Waals surface area contributed by atoms with Crippen LogP contribution in [0.2, 0.25) is 0 Å². The zero-order valence-corrected chi connectivity index (χ0v) is 14.8. The smallest absolute Gasteiger partial charge is 0.270 e. The molecule has 6 nitrogen and oxygen atoms in total. The van der Waals surface area contributed by atoms with Crippen molar-refractivity contribution in [2.45, 2.75) is 26.3 Å². The molecule has 1 aromatic carbocycles. The van der Waals surface area contributed by atoms with Crippen molar-refractivity contribution >= 4 is 17.5 Å². The van der Waals surface area contributed by atoms with E-state index in [1.807, 2.05) is 30.3 Å². The van der Waals surface area contributed by atoms with Gasteiger partial charge in [-0.25, -0.2) is 9.97 Å². The van der Waals surface area contributed by atoms with Crippen LogP contribution in [0, 0.1) is 0 Å². The predicted molar refractivity (Wildman–Crippen MR) is 101 cm³/mol. The molecule has 0 aliphatic heterocycles. The molecule has 2 heterocycles. The van der Waals surface area contributed by atoms with Crippen LogP contribution in [0.3, 0.4) is 0 Å². The number of hydrogen-bond donors (Lipinski definition) is 2. The molecule has 26 heavy (non-hydrogen) atoms. The molecule has 1 amide bonds. The average molecular weight is 347 g/mol. The van der Waals surface area contributed by atoms with Crippen LogP contribution in [-0.4, -0.2) is 20.9 Å². The fourth-order valence-electron chi connectivity index (χ4n) is 2.55. The summed E-state index contributed by atoms with van der Waals surface area (Å²) in [5.74, 6) is 0.518. The summed E-state index contributed by atoms with van der Waals surface area (Å²) in [6.45, 7) is 4.68. The molecule has 2 N–H and O–H groups in total. The number of nitrogens with one attached hydrogen (secondary N) is 2. The first-order chi connectivity index (χ1) is 12.6. The third-order valence-electron chi connectivity index (χ3n) is 3.92. The van der Waals surface area contributed by atoms with Crippen molar-refractivity contribution in [1.29, 1.82) is 0 Å². The van der Waals surface area contributed by atoms with Crippen LogP contribution in [0.15, 0.2) is 61.1 Å². The lowest BCUT2D eigenvalue weighted by Gasteiger charge is -2.13. The van der Waals surface area contributed by atoms with Crippen molar-refractivity contribution < 1.29 is 4.79 Å². The molecule has 0 bridgehead atoms. The van der Waals surface area contributed by atoms with E-state index in [0.29, 0.717) is 24.1 Å². The number of amides is 1. The van der Waals surface area contributed by atoms with Crippen molar-refractivity contribution in [3.05, 3.63) is 77.9 Å². The molecule has 3 rings (SSSR count). The molecule has 0 atom stereocenters. The minimum atomic E-state index is -0.246. The van der Waals surface area contributed by atoms with Crippen LogP contribution in [0.4, 0.5) is 11.6 Å². The van der Waals surface area contributed by atoms with Crippen LogP contribution in [0.25, 0.3) is 0 Å². The van der Waals surface area contributed by atoms with Crippen molar-refractivity contribution in [2.75, 3.05) is 5.32 Å². The largest absolute Gasteiger partial charge is 0.347 e. The Labute approximate surface area is 152 Å². The normalized spacial score (nSPS) is 10.6. The van der Waals surface area contributed by atoms with Crippen LogP contribution in [0.1, 0.15) is 41.4 Å². The van der Waals surface area contributed by atoms with Gasteiger partial charge in [0.2, 0.25) is 5.95 Å². The third kappa shape index (κ3) is 4.42. The maximum absolute atomic E-state index is 12.4. The van der Waals surface area contributed by atoms with Gasteiger partial charge in [-0.1, -0.05) is 32.0 Å². The maximum atomic E-state index is 12.4. The van der Waals surface area contributed by atoms with Gasteiger partial charge in [-0.2, -0.15) is 0 Å². The van der Waals surface area contributed by atoms with Crippen molar-refractivity contribution in [3.8, 4) is 0 Å². The van der Waals surface area contributed by atoms with E-state index in [9.17, 15) is 4.79 Å². The molecule has 0 unspecified atom stereocenters. The van der Waals surface area contributed by atoms with E-state index in [0.717, 1.165) is 11.3 Å². The Bertz CT molecular complexity index is 880. The summed E-state index contributed by atoms with van der Waals surface area (Å²) in [6, 6.07) is 13.3. The fraction of sp³-hybridized carbons (Fsp3) is 0.200. The second-order valence-corrected chi connectivity index (χ2v) is 6.17. The third-order valence-corrected chi connectivity index (χ3v) is 3.92. The highest BCUT2D eigenvalue weighted by molar-refractivity contribution is 5.92. The molecule has 0 saturated heterocycles. The average Bonchev–Trinajstić information content (AvgIpc) is 2.67. The number of rotatable bonds is 6. The van der Waals surface area contributed by atoms with Gasteiger partial charge >= 0.3 is 0 Å². The number of anilines is 2. The predicted octanol–water partition coefficient (Wildman–Crippen LogP) is 3.67. The monoisotopic (exact) mass is 347 g/mol. The minimum Gasteiger partial charge on any atom is -0.347 e. The van der Waals surface area contributed by atoms with Gasteiger partial charge in [0.1, 0.15) is 5.69 Å². The number of carbonyl (C=O) groups excluding carboxylic acids is 1. The maximum Gasteiger partial charge on any atom is 0.270 e. The molecular weight excluding hydrogens is 326 g/mol. The van der Waals surface area contributed by atoms with E-state index in [-0.39, 0.29) is 5.91 Å². The quantitative estimate of drug-likeness (QED) is 0.711. The molecule has 0 aliphatic rings. The molecule has 0 aliphatic carbocycles. The fourth-order valence-corrected chi connectivity index (χ4v) is 2.55. The van der Waals surface area contributed by atoms with Gasteiger partial charge in [0.05, 0.1) is 0 Å². The van der Waals surface area contributed by atoms with Gasteiger partial charge < -0.3 is 10.6 Å². The van der Waals surface area contributed by atoms with E-state index in [4.69, 9.17) is 0 Å². The number of para-hydroxylation sites is 1. The summed E-state index contributed by atoms with van der Waals surface area (Å²) in [4.78, 5) is 24.9. The molecule has 0 saturated carbocycles. The second-order valence-electron chi connectivity index (χ2n) is 6.17. The summed E-state index contributed by atoms with van der Waals surface area (Å²) < 4.78 is 0. The molecule has 0 spiro atoms. The summed E-state index contributed by atoms with van der Waals surface area (Å²) >= 11 is 0. The van der Waals surface area contributed by atoms with E-state index < -0.39 is 0 Å². The van der Waals surface area contributed by atoms with Gasteiger partial charge in [0.25, 0.3) is 5.91 Å². The number of aromatic nitrogens is 3. The molecule has 3 aromatic rings. The highest BCUT2D eigenvalue weighted by Gasteiger charge is 2.11. The molecule has 6 heteroatoms. The Kier molecular flexibility index (Phi) is 5.53. The number of benzene rings is 1. The first-order valence-corrected chi connectivity index (χ1v) is 8.49. The lowest BCUT2D eigenvalue weighted by atomic mass is 10.0.